The van der Waals surface area contributed by atoms with Crippen molar-refractivity contribution >= 4 is 29.3 Å². The summed E-state index contributed by atoms with van der Waals surface area (Å²) < 4.78 is 0. The van der Waals surface area contributed by atoms with Crippen LogP contribution in [0.2, 0.25) is 0 Å². The van der Waals surface area contributed by atoms with E-state index in [-0.39, 0.29) is 62.9 Å². The molecule has 1 heterocycles. The minimum Gasteiger partial charge on any atom is -0.480 e. The number of carboxylic acids is 1. The van der Waals surface area contributed by atoms with Gasteiger partial charge in [-0.15, -0.1) is 11.8 Å². The Balaban J connectivity index is 0.00000231. The number of thioether (sulfide) groups is 1. The summed E-state index contributed by atoms with van der Waals surface area (Å²) in [6, 6.07) is -0.449. The summed E-state index contributed by atoms with van der Waals surface area (Å²) in [7, 11) is 0. The van der Waals surface area contributed by atoms with Crippen LogP contribution in [0.15, 0.2) is 0 Å². The van der Waals surface area contributed by atoms with Crippen LogP contribution in [0.4, 0.5) is 0 Å². The largest absolute Gasteiger partial charge is 1.00 e. The van der Waals surface area contributed by atoms with Gasteiger partial charge in [-0.3, -0.25) is 19.7 Å². The number of carboxylic acid groups (broad SMARTS) is 1. The molecule has 9 unspecified atom stereocenters. The van der Waals surface area contributed by atoms with Gasteiger partial charge in [-0.1, -0.05) is 13.8 Å². The van der Waals surface area contributed by atoms with Crippen LogP contribution in [0, 0.1) is 40.4 Å². The van der Waals surface area contributed by atoms with Crippen molar-refractivity contribution in [2.75, 3.05) is 5.75 Å². The van der Waals surface area contributed by atoms with Gasteiger partial charge in [-0.05, 0) is 80.5 Å². The van der Waals surface area contributed by atoms with Crippen LogP contribution >= 0.6 is 11.8 Å². The first-order valence-corrected chi connectivity index (χ1v) is 12.8. The van der Waals surface area contributed by atoms with Crippen LogP contribution in [-0.2, 0) is 14.4 Å². The van der Waals surface area contributed by atoms with Gasteiger partial charge in [-0.25, -0.2) is 0 Å². The number of nitrogens with one attached hydrogen (secondary N) is 1. The Bertz CT molecular complexity index is 806. The van der Waals surface area contributed by atoms with Crippen molar-refractivity contribution in [1.29, 1.82) is 0 Å². The number of hydrogen-bond acceptors (Lipinski definition) is 5. The molecule has 166 valence electrons. The number of aliphatic carboxylic acids is 1. The molecule has 5 fully saturated rings. The Morgan fingerprint density at radius 2 is 1.84 bits per heavy atom. The monoisotopic (exact) mass is 456 g/mol. The SMILES string of the molecule is CC(=O)C1CCC2C3CCC4CC5(CCC4(C)C3C(=O)CC12C)NC(C(=O)O)CS5.[Na+]. The first-order chi connectivity index (χ1) is 14.1. The summed E-state index contributed by atoms with van der Waals surface area (Å²) in [6.07, 6.45) is 7.76. The van der Waals surface area contributed by atoms with Crippen LogP contribution < -0.4 is 34.9 Å². The van der Waals surface area contributed by atoms with Crippen LogP contribution in [0.3, 0.4) is 0 Å². The van der Waals surface area contributed by atoms with E-state index >= 15 is 0 Å². The predicted molar refractivity (Wildman–Crippen MR) is 116 cm³/mol. The molecular weight excluding hydrogens is 421 g/mol. The molecule has 5 nitrogen and oxygen atoms in total. The van der Waals surface area contributed by atoms with Crippen LogP contribution in [-0.4, -0.2) is 39.3 Å². The zero-order chi connectivity index (χ0) is 21.5. The second-order valence-electron chi connectivity index (χ2n) is 11.5. The Hall–Kier alpha value is 0.120. The summed E-state index contributed by atoms with van der Waals surface area (Å²) in [5.41, 5.74) is -0.120. The first kappa shape index (κ1) is 24.3. The van der Waals surface area contributed by atoms with E-state index in [1.54, 1.807) is 18.7 Å². The van der Waals surface area contributed by atoms with E-state index in [4.69, 9.17) is 0 Å². The average molecular weight is 457 g/mol. The van der Waals surface area contributed by atoms with E-state index < -0.39 is 12.0 Å². The van der Waals surface area contributed by atoms with Gasteiger partial charge in [0.15, 0.2) is 0 Å². The van der Waals surface area contributed by atoms with Gasteiger partial charge < -0.3 is 5.11 Å². The summed E-state index contributed by atoms with van der Waals surface area (Å²) in [4.78, 5) is 37.3. The molecular formula is C24H35NNaO4S+. The molecule has 4 saturated carbocycles. The van der Waals surface area contributed by atoms with Crippen LogP contribution in [0.5, 0.6) is 0 Å². The normalized spacial score (nSPS) is 50.9. The summed E-state index contributed by atoms with van der Waals surface area (Å²) in [5.74, 6) is 2.13. The van der Waals surface area contributed by atoms with Crippen molar-refractivity contribution < 1.29 is 49.0 Å². The Kier molecular flexibility index (Phi) is 6.34. The molecule has 2 N–H and O–H groups in total. The van der Waals surface area contributed by atoms with Crippen molar-refractivity contribution in [2.24, 2.45) is 40.4 Å². The van der Waals surface area contributed by atoms with Gasteiger partial charge in [0.2, 0.25) is 0 Å². The second kappa shape index (κ2) is 8.11. The van der Waals surface area contributed by atoms with Gasteiger partial charge in [0.1, 0.15) is 17.6 Å². The maximum atomic E-state index is 13.6. The van der Waals surface area contributed by atoms with Crippen molar-refractivity contribution in [3.8, 4) is 0 Å². The van der Waals surface area contributed by atoms with Gasteiger partial charge in [0.05, 0.1) is 4.87 Å². The Morgan fingerprint density at radius 1 is 1.10 bits per heavy atom. The maximum absolute atomic E-state index is 13.6. The molecule has 7 heteroatoms. The zero-order valence-corrected chi connectivity index (χ0v) is 22.2. The molecule has 0 aromatic heterocycles. The van der Waals surface area contributed by atoms with Crippen molar-refractivity contribution in [1.82, 2.24) is 5.32 Å². The molecule has 1 aliphatic heterocycles. The van der Waals surface area contributed by atoms with E-state index in [0.717, 1.165) is 44.9 Å². The predicted octanol–water partition coefficient (Wildman–Crippen LogP) is 0.903. The fourth-order valence-corrected chi connectivity index (χ4v) is 10.3. The molecule has 5 rings (SSSR count). The molecule has 0 aromatic rings. The van der Waals surface area contributed by atoms with E-state index in [1.807, 2.05) is 0 Å². The van der Waals surface area contributed by atoms with E-state index in [9.17, 15) is 19.5 Å². The van der Waals surface area contributed by atoms with E-state index in [1.165, 1.54) is 0 Å². The quantitative estimate of drug-likeness (QED) is 0.601. The molecule has 0 amide bonds. The van der Waals surface area contributed by atoms with Crippen molar-refractivity contribution in [3.05, 3.63) is 0 Å². The van der Waals surface area contributed by atoms with Crippen LogP contribution in [0.1, 0.15) is 72.1 Å². The number of fused-ring (bicyclic) bond motifs is 5. The fraction of sp³-hybridized carbons (Fsp3) is 0.875. The third kappa shape index (κ3) is 3.53. The minimum absolute atomic E-state index is 0. The fourth-order valence-electron chi connectivity index (χ4n) is 8.75. The Morgan fingerprint density at radius 3 is 2.48 bits per heavy atom. The first-order valence-electron chi connectivity index (χ1n) is 11.8. The summed E-state index contributed by atoms with van der Waals surface area (Å²) in [5, 5.41) is 12.9. The van der Waals surface area contributed by atoms with Crippen LogP contribution in [0.25, 0.3) is 0 Å². The molecule has 5 aliphatic rings. The number of carbonyl (C=O) groups is 3. The van der Waals surface area contributed by atoms with Gasteiger partial charge >= 0.3 is 35.5 Å². The zero-order valence-electron chi connectivity index (χ0n) is 19.4. The smallest absolute Gasteiger partial charge is 0.480 e. The van der Waals surface area contributed by atoms with Gasteiger partial charge in [0.25, 0.3) is 0 Å². The van der Waals surface area contributed by atoms with E-state index in [2.05, 4.69) is 19.2 Å². The number of rotatable bonds is 2. The molecule has 31 heavy (non-hydrogen) atoms. The standard InChI is InChI=1S/C24H35NO4S.Na/c1-13(26)16-6-7-17-15-5-4-14-10-24(25-18(12-30-24)21(28)29)9-8-22(14,2)20(15)19(27)11-23(16,17)3;/h14-18,20,25H,4-12H2,1-3H3,(H,28,29);/q;+1. The molecule has 0 bridgehead atoms. The average Bonchev–Trinajstić information content (AvgIpc) is 3.23. The number of hydrogen-bond donors (Lipinski definition) is 2. The molecule has 4 aliphatic carbocycles. The maximum Gasteiger partial charge on any atom is 1.00 e. The number of ketones is 2. The molecule has 0 aromatic carbocycles. The molecule has 1 spiro atoms. The van der Waals surface area contributed by atoms with Crippen molar-refractivity contribution in [3.63, 3.8) is 0 Å². The third-order valence-electron chi connectivity index (χ3n) is 10.1. The van der Waals surface area contributed by atoms with Gasteiger partial charge in [-0.2, -0.15) is 0 Å². The van der Waals surface area contributed by atoms with E-state index in [0.29, 0.717) is 35.7 Å². The minimum atomic E-state index is -0.751. The van der Waals surface area contributed by atoms with Crippen molar-refractivity contribution in [2.45, 2.75) is 83.1 Å². The Labute approximate surface area is 211 Å². The van der Waals surface area contributed by atoms with Gasteiger partial charge in [0, 0.05) is 24.0 Å². The third-order valence-corrected chi connectivity index (χ3v) is 11.7. The molecule has 9 atom stereocenters. The summed E-state index contributed by atoms with van der Waals surface area (Å²) >= 11 is 1.79. The summed E-state index contributed by atoms with van der Waals surface area (Å²) in [6.45, 7) is 6.29. The molecule has 0 radical (unpaired) electrons. The number of Topliss-reactive ketones (excluding diaryl/α,β-unsaturated/α-hetero) is 2. The number of carbonyl (C=O) groups excluding carboxylic acids is 2. The second-order valence-corrected chi connectivity index (χ2v) is 12.9. The topological polar surface area (TPSA) is 83.5 Å². The molecule has 1 saturated heterocycles.